The molecule has 1 amide bonds. The molecule has 1 aromatic heterocycles. The van der Waals surface area contributed by atoms with E-state index in [4.69, 9.17) is 5.11 Å². The monoisotopic (exact) mass is 278 g/mol. The summed E-state index contributed by atoms with van der Waals surface area (Å²) in [4.78, 5) is 37.7. The van der Waals surface area contributed by atoms with Crippen molar-refractivity contribution in [2.24, 2.45) is 5.92 Å². The van der Waals surface area contributed by atoms with Crippen LogP contribution in [0.2, 0.25) is 0 Å². The number of H-pyrrole nitrogens is 1. The lowest BCUT2D eigenvalue weighted by Gasteiger charge is -2.09. The average molecular weight is 278 g/mol. The fourth-order valence-electron chi connectivity index (χ4n) is 2.42. The van der Waals surface area contributed by atoms with Gasteiger partial charge in [0.05, 0.1) is 5.92 Å². The largest absolute Gasteiger partial charge is 0.481 e. The van der Waals surface area contributed by atoms with E-state index in [2.05, 4.69) is 10.3 Å². The number of fused-ring (bicyclic) bond motifs is 1. The fourth-order valence-corrected chi connectivity index (χ4v) is 2.42. The number of aliphatic carboxylic acids is 1. The molecule has 1 aliphatic carbocycles. The van der Waals surface area contributed by atoms with Crippen molar-refractivity contribution in [1.82, 2.24) is 10.3 Å². The van der Waals surface area contributed by atoms with Crippen LogP contribution in [0.1, 0.15) is 51.9 Å². The van der Waals surface area contributed by atoms with Crippen LogP contribution < -0.4 is 5.32 Å². The van der Waals surface area contributed by atoms with E-state index in [1.807, 2.05) is 0 Å². The first-order valence-corrected chi connectivity index (χ1v) is 6.67. The van der Waals surface area contributed by atoms with Crippen LogP contribution in [0.4, 0.5) is 0 Å². The molecule has 0 bridgehead atoms. The minimum atomic E-state index is -0.956. The number of Topliss-reactive ketones (excluding diaryl/α,β-unsaturated/α-hetero) is 1. The van der Waals surface area contributed by atoms with Gasteiger partial charge in [0.25, 0.3) is 5.91 Å². The molecular weight excluding hydrogens is 260 g/mol. The molecule has 0 unspecified atom stereocenters. The van der Waals surface area contributed by atoms with Crippen molar-refractivity contribution in [1.29, 1.82) is 0 Å². The van der Waals surface area contributed by atoms with Gasteiger partial charge in [-0.1, -0.05) is 6.92 Å². The van der Waals surface area contributed by atoms with E-state index in [9.17, 15) is 14.4 Å². The number of carbonyl (C=O) groups excluding carboxylic acids is 2. The lowest BCUT2D eigenvalue weighted by molar-refractivity contribution is -0.140. The molecule has 0 aliphatic heterocycles. The van der Waals surface area contributed by atoms with Crippen LogP contribution in [0.25, 0.3) is 0 Å². The number of amides is 1. The topological polar surface area (TPSA) is 99.3 Å². The maximum Gasteiger partial charge on any atom is 0.308 e. The number of carboxylic acid groups (broad SMARTS) is 1. The molecular formula is C14H18N2O4. The van der Waals surface area contributed by atoms with Gasteiger partial charge in [-0.2, -0.15) is 0 Å². The zero-order chi connectivity index (χ0) is 14.9. The second-order valence-electron chi connectivity index (χ2n) is 5.20. The van der Waals surface area contributed by atoms with Crippen molar-refractivity contribution in [3.05, 3.63) is 22.5 Å². The van der Waals surface area contributed by atoms with E-state index in [0.717, 1.165) is 18.5 Å². The van der Waals surface area contributed by atoms with Gasteiger partial charge in [0.15, 0.2) is 5.78 Å². The van der Waals surface area contributed by atoms with E-state index in [-0.39, 0.29) is 18.2 Å². The second-order valence-corrected chi connectivity index (χ2v) is 5.20. The number of rotatable bonds is 4. The molecule has 1 aromatic rings. The minimum absolute atomic E-state index is 0.0608. The normalized spacial score (nSPS) is 15.6. The molecule has 1 heterocycles. The highest BCUT2D eigenvalue weighted by Gasteiger charge is 2.26. The van der Waals surface area contributed by atoms with Gasteiger partial charge in [0, 0.05) is 24.2 Å². The van der Waals surface area contributed by atoms with Crippen LogP contribution in [0.15, 0.2) is 0 Å². The predicted molar refractivity (Wildman–Crippen MR) is 71.9 cm³/mol. The Morgan fingerprint density at radius 3 is 2.70 bits per heavy atom. The molecule has 2 rings (SSSR count). The number of hydrogen-bond donors (Lipinski definition) is 3. The molecule has 1 aliphatic rings. The van der Waals surface area contributed by atoms with E-state index in [1.54, 1.807) is 6.92 Å². The van der Waals surface area contributed by atoms with Crippen molar-refractivity contribution >= 4 is 17.7 Å². The Balaban J connectivity index is 2.15. The standard InChI is InChI=1S/C14H18N2O4/c1-7(14(19)20)6-15-13(18)12-8(2)11-9(16-12)4-3-5-10(11)17/h7,16H,3-6H2,1-2H3,(H,15,18)(H,19,20)/t7-/m0/s1. The molecule has 1 atom stereocenters. The lowest BCUT2D eigenvalue weighted by atomic mass is 9.94. The molecule has 0 spiro atoms. The predicted octanol–water partition coefficient (Wildman–Crippen LogP) is 1.29. The van der Waals surface area contributed by atoms with Crippen LogP contribution in [0.3, 0.4) is 0 Å². The molecule has 0 saturated carbocycles. The quantitative estimate of drug-likeness (QED) is 0.772. The summed E-state index contributed by atoms with van der Waals surface area (Å²) in [5.41, 5.74) is 2.47. The number of aryl methyl sites for hydroxylation is 1. The Morgan fingerprint density at radius 2 is 2.10 bits per heavy atom. The molecule has 0 saturated heterocycles. The van der Waals surface area contributed by atoms with Crippen molar-refractivity contribution in [3.8, 4) is 0 Å². The number of carbonyl (C=O) groups is 3. The van der Waals surface area contributed by atoms with E-state index < -0.39 is 11.9 Å². The van der Waals surface area contributed by atoms with Gasteiger partial charge < -0.3 is 15.4 Å². The summed E-state index contributed by atoms with van der Waals surface area (Å²) in [7, 11) is 0. The number of ketones is 1. The van der Waals surface area contributed by atoms with E-state index >= 15 is 0 Å². The second kappa shape index (κ2) is 5.48. The first kappa shape index (κ1) is 14.3. The first-order valence-electron chi connectivity index (χ1n) is 6.67. The smallest absolute Gasteiger partial charge is 0.308 e. The number of hydrogen-bond acceptors (Lipinski definition) is 3. The molecule has 20 heavy (non-hydrogen) atoms. The Labute approximate surface area is 116 Å². The molecule has 0 radical (unpaired) electrons. The molecule has 0 aromatic carbocycles. The highest BCUT2D eigenvalue weighted by atomic mass is 16.4. The van der Waals surface area contributed by atoms with Gasteiger partial charge in [0.1, 0.15) is 5.69 Å². The van der Waals surface area contributed by atoms with Gasteiger partial charge in [0.2, 0.25) is 0 Å². The van der Waals surface area contributed by atoms with Crippen LogP contribution in [0, 0.1) is 12.8 Å². The summed E-state index contributed by atoms with van der Waals surface area (Å²) in [6, 6.07) is 0. The van der Waals surface area contributed by atoms with Gasteiger partial charge in [-0.25, -0.2) is 0 Å². The van der Waals surface area contributed by atoms with E-state index in [1.165, 1.54) is 6.92 Å². The van der Waals surface area contributed by atoms with Crippen LogP contribution in [-0.2, 0) is 11.2 Å². The minimum Gasteiger partial charge on any atom is -0.481 e. The molecule has 0 fully saturated rings. The van der Waals surface area contributed by atoms with Crippen molar-refractivity contribution in [2.75, 3.05) is 6.54 Å². The highest BCUT2D eigenvalue weighted by molar-refractivity contribution is 6.04. The van der Waals surface area contributed by atoms with Crippen LogP contribution in [0.5, 0.6) is 0 Å². The Morgan fingerprint density at radius 1 is 1.40 bits per heavy atom. The summed E-state index contributed by atoms with van der Waals surface area (Å²) >= 11 is 0. The van der Waals surface area contributed by atoms with Gasteiger partial charge in [-0.3, -0.25) is 14.4 Å². The number of aromatic amines is 1. The third kappa shape index (κ3) is 2.59. The molecule has 6 nitrogen and oxygen atoms in total. The third-order valence-electron chi connectivity index (χ3n) is 3.65. The highest BCUT2D eigenvalue weighted by Crippen LogP contribution is 2.26. The van der Waals surface area contributed by atoms with Gasteiger partial charge in [-0.05, 0) is 25.3 Å². The summed E-state index contributed by atoms with van der Waals surface area (Å²) in [6.45, 7) is 3.33. The zero-order valence-electron chi connectivity index (χ0n) is 11.6. The van der Waals surface area contributed by atoms with Gasteiger partial charge >= 0.3 is 5.97 Å². The summed E-state index contributed by atoms with van der Waals surface area (Å²) in [5.74, 6) is -1.90. The van der Waals surface area contributed by atoms with Crippen molar-refractivity contribution in [2.45, 2.75) is 33.1 Å². The Hall–Kier alpha value is -2.11. The van der Waals surface area contributed by atoms with Crippen molar-refractivity contribution < 1.29 is 19.5 Å². The third-order valence-corrected chi connectivity index (χ3v) is 3.65. The lowest BCUT2D eigenvalue weighted by Crippen LogP contribution is -2.32. The maximum absolute atomic E-state index is 12.1. The Bertz CT molecular complexity index is 574. The van der Waals surface area contributed by atoms with Crippen molar-refractivity contribution in [3.63, 3.8) is 0 Å². The number of nitrogens with one attached hydrogen (secondary N) is 2. The number of aromatic nitrogens is 1. The Kier molecular flexibility index (Phi) is 3.92. The summed E-state index contributed by atoms with van der Waals surface area (Å²) in [5, 5.41) is 11.4. The zero-order valence-corrected chi connectivity index (χ0v) is 11.6. The maximum atomic E-state index is 12.1. The summed E-state index contributed by atoms with van der Waals surface area (Å²) < 4.78 is 0. The van der Waals surface area contributed by atoms with Crippen LogP contribution in [-0.4, -0.2) is 34.3 Å². The summed E-state index contributed by atoms with van der Waals surface area (Å²) in [6.07, 6.45) is 2.08. The molecule has 6 heteroatoms. The molecule has 3 N–H and O–H groups in total. The van der Waals surface area contributed by atoms with Crippen LogP contribution >= 0.6 is 0 Å². The SMILES string of the molecule is Cc1c(C(=O)NC[C@H](C)C(=O)O)[nH]c2c1C(=O)CCC2. The van der Waals surface area contributed by atoms with E-state index in [0.29, 0.717) is 23.2 Å². The number of carboxylic acids is 1. The average Bonchev–Trinajstić information content (AvgIpc) is 2.74. The molecule has 108 valence electrons. The fraction of sp³-hybridized carbons (Fsp3) is 0.500. The van der Waals surface area contributed by atoms with Gasteiger partial charge in [-0.15, -0.1) is 0 Å². The first-order chi connectivity index (χ1) is 9.41.